The summed E-state index contributed by atoms with van der Waals surface area (Å²) in [6.07, 6.45) is 21.5. The van der Waals surface area contributed by atoms with Gasteiger partial charge in [0.25, 0.3) is 5.91 Å². The highest BCUT2D eigenvalue weighted by molar-refractivity contribution is 5.95. The third kappa shape index (κ3) is 10.5. The van der Waals surface area contributed by atoms with Crippen LogP contribution in [0.4, 0.5) is 0 Å². The van der Waals surface area contributed by atoms with Crippen LogP contribution >= 0.6 is 0 Å². The lowest BCUT2D eigenvalue weighted by molar-refractivity contribution is 0.0948. The maximum atomic E-state index is 12.3. The molecular formula is C28H44N2O2. The summed E-state index contributed by atoms with van der Waals surface area (Å²) in [5, 5.41) is 13.7. The lowest BCUT2D eigenvalue weighted by Gasteiger charge is -2.07. The number of nitrogens with one attached hydrogen (secondary N) is 1. The first-order valence-corrected chi connectivity index (χ1v) is 13.1. The van der Waals surface area contributed by atoms with Gasteiger partial charge in [0.1, 0.15) is 17.0 Å². The number of hydrogen-bond acceptors (Lipinski definition) is 3. The van der Waals surface area contributed by atoms with Gasteiger partial charge in [0.15, 0.2) is 0 Å². The number of nitrogens with zero attached hydrogens (tertiary/aromatic N) is 1. The summed E-state index contributed by atoms with van der Waals surface area (Å²) in [4.78, 5) is 16.6. The Morgan fingerprint density at radius 3 is 1.84 bits per heavy atom. The molecule has 2 aromatic rings. The highest BCUT2D eigenvalue weighted by Gasteiger charge is 2.09. The molecule has 1 aromatic heterocycles. The summed E-state index contributed by atoms with van der Waals surface area (Å²) in [5.74, 6) is -0.0638. The van der Waals surface area contributed by atoms with Crippen molar-refractivity contribution >= 4 is 16.8 Å². The number of aromatic hydroxyl groups is 1. The lowest BCUT2D eigenvalue weighted by atomic mass is 10.0. The highest BCUT2D eigenvalue weighted by Crippen LogP contribution is 2.22. The molecule has 0 unspecified atom stereocenters. The number of phenolic OH excluding ortho intramolecular Hbond substituents is 1. The van der Waals surface area contributed by atoms with Crippen molar-refractivity contribution in [1.29, 1.82) is 0 Å². The summed E-state index contributed by atoms with van der Waals surface area (Å²) in [7, 11) is 0. The molecule has 0 aliphatic carbocycles. The van der Waals surface area contributed by atoms with E-state index in [1.54, 1.807) is 18.2 Å². The number of pyridine rings is 1. The highest BCUT2D eigenvalue weighted by atomic mass is 16.3. The number of rotatable bonds is 18. The molecule has 2 N–H and O–H groups in total. The fourth-order valence-corrected chi connectivity index (χ4v) is 4.22. The number of carbonyl (C=O) groups is 1. The van der Waals surface area contributed by atoms with E-state index in [0.29, 0.717) is 17.8 Å². The van der Waals surface area contributed by atoms with E-state index < -0.39 is 0 Å². The molecule has 0 fully saturated rings. The molecule has 0 radical (unpaired) electrons. The second-order valence-electron chi connectivity index (χ2n) is 9.10. The largest absolute Gasteiger partial charge is 0.506 e. The van der Waals surface area contributed by atoms with Crippen molar-refractivity contribution in [2.45, 2.75) is 110 Å². The van der Waals surface area contributed by atoms with Crippen LogP contribution < -0.4 is 5.32 Å². The fourth-order valence-electron chi connectivity index (χ4n) is 4.22. The molecule has 0 saturated heterocycles. The smallest absolute Gasteiger partial charge is 0.269 e. The first kappa shape index (κ1) is 26.2. The molecule has 0 aliphatic rings. The molecule has 0 saturated carbocycles. The number of fused-ring (bicyclic) bond motifs is 1. The monoisotopic (exact) mass is 440 g/mol. The Kier molecular flexibility index (Phi) is 13.5. The molecule has 0 aliphatic heterocycles. The maximum absolute atomic E-state index is 12.3. The second kappa shape index (κ2) is 16.5. The Balaban J connectivity index is 1.40. The van der Waals surface area contributed by atoms with Gasteiger partial charge in [-0.3, -0.25) is 4.79 Å². The summed E-state index contributed by atoms with van der Waals surface area (Å²) in [6, 6.07) is 8.78. The lowest BCUT2D eigenvalue weighted by Crippen LogP contribution is -2.25. The van der Waals surface area contributed by atoms with Crippen molar-refractivity contribution in [2.75, 3.05) is 6.54 Å². The quantitative estimate of drug-likeness (QED) is 0.231. The molecule has 0 spiro atoms. The summed E-state index contributed by atoms with van der Waals surface area (Å²) in [6.45, 7) is 2.96. The topological polar surface area (TPSA) is 62.2 Å². The molecule has 1 amide bonds. The van der Waals surface area contributed by atoms with E-state index in [1.165, 1.54) is 89.9 Å². The van der Waals surface area contributed by atoms with E-state index in [2.05, 4.69) is 17.2 Å². The average Bonchev–Trinajstić information content (AvgIpc) is 2.81. The Labute approximate surface area is 195 Å². The number of hydrogen-bond donors (Lipinski definition) is 2. The molecule has 178 valence electrons. The van der Waals surface area contributed by atoms with Crippen molar-refractivity contribution in [3.63, 3.8) is 0 Å². The Hall–Kier alpha value is -2.10. The van der Waals surface area contributed by atoms with Crippen LogP contribution in [0, 0.1) is 0 Å². The number of unbranched alkanes of at least 4 members (excludes halogenated alkanes) is 15. The number of benzene rings is 1. The van der Waals surface area contributed by atoms with Crippen molar-refractivity contribution in [3.8, 4) is 5.75 Å². The van der Waals surface area contributed by atoms with Gasteiger partial charge >= 0.3 is 0 Å². The molecule has 0 bridgehead atoms. The maximum Gasteiger partial charge on any atom is 0.269 e. The molecule has 4 heteroatoms. The van der Waals surface area contributed by atoms with Crippen molar-refractivity contribution in [2.24, 2.45) is 0 Å². The van der Waals surface area contributed by atoms with Crippen molar-refractivity contribution in [1.82, 2.24) is 10.3 Å². The van der Waals surface area contributed by atoms with E-state index in [0.717, 1.165) is 18.2 Å². The van der Waals surface area contributed by atoms with Crippen LogP contribution in [0.3, 0.4) is 0 Å². The van der Waals surface area contributed by atoms with Gasteiger partial charge in [0, 0.05) is 11.9 Å². The van der Waals surface area contributed by atoms with Crippen LogP contribution in [0.15, 0.2) is 30.3 Å². The van der Waals surface area contributed by atoms with Gasteiger partial charge in [-0.1, -0.05) is 121 Å². The summed E-state index contributed by atoms with van der Waals surface area (Å²) in [5.41, 5.74) is 0.832. The predicted octanol–water partition coefficient (Wildman–Crippen LogP) is 7.93. The predicted molar refractivity (Wildman–Crippen MR) is 135 cm³/mol. The van der Waals surface area contributed by atoms with E-state index in [-0.39, 0.29) is 11.7 Å². The Morgan fingerprint density at radius 2 is 1.28 bits per heavy atom. The van der Waals surface area contributed by atoms with Crippen LogP contribution in [-0.2, 0) is 0 Å². The normalized spacial score (nSPS) is 11.2. The summed E-state index contributed by atoms with van der Waals surface area (Å²) < 4.78 is 0. The zero-order chi connectivity index (χ0) is 22.9. The number of carbonyl (C=O) groups excluding carboxylic acids is 1. The number of amides is 1. The first-order chi connectivity index (χ1) is 15.7. The van der Waals surface area contributed by atoms with Gasteiger partial charge in [0.05, 0.1) is 0 Å². The minimum atomic E-state index is -0.170. The molecule has 2 rings (SSSR count). The van der Waals surface area contributed by atoms with Gasteiger partial charge in [-0.15, -0.1) is 0 Å². The minimum absolute atomic E-state index is 0.106. The van der Waals surface area contributed by atoms with Gasteiger partial charge in [-0.2, -0.15) is 0 Å². The Bertz CT molecular complexity index is 775. The molecule has 4 nitrogen and oxygen atoms in total. The average molecular weight is 441 g/mol. The number of aromatic nitrogens is 1. The Morgan fingerprint density at radius 1 is 0.750 bits per heavy atom. The van der Waals surface area contributed by atoms with Crippen LogP contribution in [-0.4, -0.2) is 22.5 Å². The van der Waals surface area contributed by atoms with Crippen LogP contribution in [0.1, 0.15) is 120 Å². The zero-order valence-corrected chi connectivity index (χ0v) is 20.2. The summed E-state index contributed by atoms with van der Waals surface area (Å²) >= 11 is 0. The third-order valence-corrected chi connectivity index (χ3v) is 6.25. The fraction of sp³-hybridized carbons (Fsp3) is 0.643. The van der Waals surface area contributed by atoms with Crippen molar-refractivity contribution in [3.05, 3.63) is 36.0 Å². The molecule has 0 atom stereocenters. The van der Waals surface area contributed by atoms with Crippen LogP contribution in [0.25, 0.3) is 10.9 Å². The molecule has 1 heterocycles. The molecule has 1 aromatic carbocycles. The van der Waals surface area contributed by atoms with Gasteiger partial charge in [0.2, 0.25) is 0 Å². The van der Waals surface area contributed by atoms with Crippen molar-refractivity contribution < 1.29 is 9.90 Å². The standard InChI is InChI=1S/C28H44N2O2/c1-2-3-4-5-6-7-8-9-10-11-12-13-14-15-16-17-23-29-28(32)25-22-21-24-19-18-20-26(31)27(24)30-25/h18-22,31H,2-17,23H2,1H3,(H,29,32). The number of phenols is 1. The van der Waals surface area contributed by atoms with Gasteiger partial charge in [-0.25, -0.2) is 4.98 Å². The van der Waals surface area contributed by atoms with E-state index in [1.807, 2.05) is 12.1 Å². The SMILES string of the molecule is CCCCCCCCCCCCCCCCCCNC(=O)c1ccc2cccc(O)c2n1. The number of para-hydroxylation sites is 1. The van der Waals surface area contributed by atoms with Gasteiger partial charge < -0.3 is 10.4 Å². The van der Waals surface area contributed by atoms with E-state index in [4.69, 9.17) is 0 Å². The second-order valence-corrected chi connectivity index (χ2v) is 9.10. The van der Waals surface area contributed by atoms with E-state index >= 15 is 0 Å². The minimum Gasteiger partial charge on any atom is -0.506 e. The van der Waals surface area contributed by atoms with Crippen LogP contribution in [0.2, 0.25) is 0 Å². The zero-order valence-electron chi connectivity index (χ0n) is 20.2. The van der Waals surface area contributed by atoms with Gasteiger partial charge in [-0.05, 0) is 18.6 Å². The molecule has 32 heavy (non-hydrogen) atoms. The third-order valence-electron chi connectivity index (χ3n) is 6.25. The van der Waals surface area contributed by atoms with E-state index in [9.17, 15) is 9.90 Å². The first-order valence-electron chi connectivity index (χ1n) is 13.1. The molecular weight excluding hydrogens is 396 g/mol. The van der Waals surface area contributed by atoms with Crippen LogP contribution in [0.5, 0.6) is 5.75 Å².